The molecule has 2 aliphatic heterocycles. The summed E-state index contributed by atoms with van der Waals surface area (Å²) in [4.78, 5) is 4.97. The average Bonchev–Trinajstić information content (AvgIpc) is 3.09. The molecular formula is C18H25N3. The molecular weight excluding hydrogens is 258 g/mol. The molecule has 2 saturated heterocycles. The molecule has 0 saturated carbocycles. The summed E-state index contributed by atoms with van der Waals surface area (Å²) >= 11 is 0. The van der Waals surface area contributed by atoms with Gasteiger partial charge in [-0.05, 0) is 50.8 Å². The van der Waals surface area contributed by atoms with Gasteiger partial charge in [-0.2, -0.15) is 5.26 Å². The van der Waals surface area contributed by atoms with Crippen LogP contribution in [0.2, 0.25) is 0 Å². The van der Waals surface area contributed by atoms with Crippen molar-refractivity contribution in [2.24, 2.45) is 0 Å². The van der Waals surface area contributed by atoms with Crippen LogP contribution < -0.4 is 0 Å². The van der Waals surface area contributed by atoms with E-state index in [2.05, 4.69) is 46.2 Å². The number of hydrogen-bond donors (Lipinski definition) is 0. The quantitative estimate of drug-likeness (QED) is 0.851. The highest BCUT2D eigenvalue weighted by molar-refractivity contribution is 5.15. The van der Waals surface area contributed by atoms with Crippen molar-refractivity contribution in [3.05, 3.63) is 35.9 Å². The molecule has 2 aliphatic rings. The lowest BCUT2D eigenvalue weighted by Crippen LogP contribution is -2.53. The molecule has 0 atom stereocenters. The van der Waals surface area contributed by atoms with E-state index in [1.54, 1.807) is 0 Å². The molecule has 3 rings (SSSR count). The van der Waals surface area contributed by atoms with Crippen molar-refractivity contribution in [3.8, 4) is 6.07 Å². The Morgan fingerprint density at radius 1 is 1.00 bits per heavy atom. The SMILES string of the molecule is N#CC1(N2CCCC2)CCN(CCc2ccccc2)CC1. The fourth-order valence-electron chi connectivity index (χ4n) is 3.72. The molecule has 0 spiro atoms. The first kappa shape index (κ1) is 14.6. The van der Waals surface area contributed by atoms with Crippen molar-refractivity contribution < 1.29 is 0 Å². The Morgan fingerprint density at radius 2 is 1.67 bits per heavy atom. The molecule has 1 aromatic carbocycles. The Morgan fingerprint density at radius 3 is 2.29 bits per heavy atom. The summed E-state index contributed by atoms with van der Waals surface area (Å²) in [5.41, 5.74) is 1.24. The first-order valence-corrected chi connectivity index (χ1v) is 8.25. The molecule has 0 N–H and O–H groups in total. The third kappa shape index (κ3) is 3.28. The zero-order chi connectivity index (χ0) is 14.5. The molecule has 2 heterocycles. The molecule has 0 aliphatic carbocycles. The summed E-state index contributed by atoms with van der Waals surface area (Å²) < 4.78 is 0. The average molecular weight is 283 g/mol. The molecule has 2 fully saturated rings. The highest BCUT2D eigenvalue weighted by Crippen LogP contribution is 2.31. The van der Waals surface area contributed by atoms with Crippen molar-refractivity contribution in [1.82, 2.24) is 9.80 Å². The van der Waals surface area contributed by atoms with E-state index in [0.717, 1.165) is 52.0 Å². The van der Waals surface area contributed by atoms with E-state index in [1.807, 2.05) is 0 Å². The molecule has 0 radical (unpaired) electrons. The summed E-state index contributed by atoms with van der Waals surface area (Å²) in [7, 11) is 0. The van der Waals surface area contributed by atoms with E-state index in [4.69, 9.17) is 0 Å². The van der Waals surface area contributed by atoms with Gasteiger partial charge in [0, 0.05) is 19.6 Å². The molecule has 0 unspecified atom stereocenters. The Hall–Kier alpha value is -1.37. The topological polar surface area (TPSA) is 30.3 Å². The van der Waals surface area contributed by atoms with Crippen LogP contribution in [0.3, 0.4) is 0 Å². The Bertz CT molecular complexity index is 477. The van der Waals surface area contributed by atoms with E-state index < -0.39 is 0 Å². The van der Waals surface area contributed by atoms with E-state index in [9.17, 15) is 5.26 Å². The number of benzene rings is 1. The predicted molar refractivity (Wildman–Crippen MR) is 85.0 cm³/mol. The molecule has 3 heteroatoms. The second-order valence-electron chi connectivity index (χ2n) is 6.41. The molecule has 112 valence electrons. The van der Waals surface area contributed by atoms with Crippen molar-refractivity contribution in [3.63, 3.8) is 0 Å². The van der Waals surface area contributed by atoms with E-state index in [0.29, 0.717) is 0 Å². The minimum atomic E-state index is -0.167. The third-order valence-corrected chi connectivity index (χ3v) is 5.16. The highest BCUT2D eigenvalue weighted by atomic mass is 15.2. The van der Waals surface area contributed by atoms with Gasteiger partial charge < -0.3 is 4.90 Å². The van der Waals surface area contributed by atoms with Crippen LogP contribution in [-0.2, 0) is 6.42 Å². The molecule has 21 heavy (non-hydrogen) atoms. The Labute approximate surface area is 128 Å². The third-order valence-electron chi connectivity index (χ3n) is 5.16. The minimum absolute atomic E-state index is 0.167. The van der Waals surface area contributed by atoms with Crippen LogP contribution in [0.1, 0.15) is 31.2 Å². The van der Waals surface area contributed by atoms with Crippen LogP contribution in [0.15, 0.2) is 30.3 Å². The first-order valence-electron chi connectivity index (χ1n) is 8.25. The Kier molecular flexibility index (Phi) is 4.57. The second kappa shape index (κ2) is 6.60. The van der Waals surface area contributed by atoms with E-state index in [1.165, 1.54) is 18.4 Å². The molecule has 0 aromatic heterocycles. The summed E-state index contributed by atoms with van der Waals surface area (Å²) in [5, 5.41) is 9.69. The van der Waals surface area contributed by atoms with Crippen LogP contribution in [0.4, 0.5) is 0 Å². The second-order valence-corrected chi connectivity index (χ2v) is 6.41. The van der Waals surface area contributed by atoms with Gasteiger partial charge in [0.2, 0.25) is 0 Å². The van der Waals surface area contributed by atoms with Gasteiger partial charge in [0.15, 0.2) is 0 Å². The first-order chi connectivity index (χ1) is 10.3. The van der Waals surface area contributed by atoms with Crippen LogP contribution in [0, 0.1) is 11.3 Å². The fourth-order valence-corrected chi connectivity index (χ4v) is 3.72. The number of hydrogen-bond acceptors (Lipinski definition) is 3. The van der Waals surface area contributed by atoms with Gasteiger partial charge >= 0.3 is 0 Å². The van der Waals surface area contributed by atoms with Crippen LogP contribution in [0.25, 0.3) is 0 Å². The number of rotatable bonds is 4. The van der Waals surface area contributed by atoms with Gasteiger partial charge in [-0.3, -0.25) is 4.90 Å². The van der Waals surface area contributed by atoms with Gasteiger partial charge in [-0.15, -0.1) is 0 Å². The number of nitrogens with zero attached hydrogens (tertiary/aromatic N) is 3. The van der Waals surface area contributed by atoms with Crippen LogP contribution in [-0.4, -0.2) is 48.1 Å². The zero-order valence-corrected chi connectivity index (χ0v) is 12.8. The standard InChI is InChI=1S/C18H25N3/c19-16-18(21-11-4-5-12-21)9-14-20(15-10-18)13-8-17-6-2-1-3-7-17/h1-3,6-7H,4-5,8-15H2. The number of nitriles is 1. The summed E-state index contributed by atoms with van der Waals surface area (Å²) in [6.45, 7) is 5.49. The van der Waals surface area contributed by atoms with Gasteiger partial charge in [0.05, 0.1) is 6.07 Å². The zero-order valence-electron chi connectivity index (χ0n) is 12.8. The van der Waals surface area contributed by atoms with Gasteiger partial charge in [0.25, 0.3) is 0 Å². The number of likely N-dealkylation sites (tertiary alicyclic amines) is 2. The minimum Gasteiger partial charge on any atom is -0.303 e. The highest BCUT2D eigenvalue weighted by Gasteiger charge is 2.40. The van der Waals surface area contributed by atoms with Gasteiger partial charge in [-0.1, -0.05) is 30.3 Å². The lowest BCUT2D eigenvalue weighted by Gasteiger charge is -2.42. The van der Waals surface area contributed by atoms with Crippen molar-refractivity contribution in [2.45, 2.75) is 37.6 Å². The van der Waals surface area contributed by atoms with Crippen LogP contribution >= 0.6 is 0 Å². The largest absolute Gasteiger partial charge is 0.303 e. The van der Waals surface area contributed by atoms with E-state index in [-0.39, 0.29) is 5.54 Å². The maximum Gasteiger partial charge on any atom is 0.111 e. The molecule has 0 bridgehead atoms. The smallest absolute Gasteiger partial charge is 0.111 e. The predicted octanol–water partition coefficient (Wildman–Crippen LogP) is 2.68. The summed E-state index contributed by atoms with van der Waals surface area (Å²) in [6.07, 6.45) is 5.67. The normalized spacial score (nSPS) is 23.0. The van der Waals surface area contributed by atoms with Crippen molar-refractivity contribution >= 4 is 0 Å². The summed E-state index contributed by atoms with van der Waals surface area (Å²) in [6, 6.07) is 13.3. The monoisotopic (exact) mass is 283 g/mol. The van der Waals surface area contributed by atoms with Gasteiger partial charge in [0.1, 0.15) is 5.54 Å². The maximum atomic E-state index is 9.69. The van der Waals surface area contributed by atoms with E-state index >= 15 is 0 Å². The summed E-state index contributed by atoms with van der Waals surface area (Å²) in [5.74, 6) is 0. The van der Waals surface area contributed by atoms with Gasteiger partial charge in [-0.25, -0.2) is 0 Å². The lowest BCUT2D eigenvalue weighted by atomic mass is 9.87. The number of piperidine rings is 1. The molecule has 3 nitrogen and oxygen atoms in total. The van der Waals surface area contributed by atoms with Crippen molar-refractivity contribution in [1.29, 1.82) is 5.26 Å². The van der Waals surface area contributed by atoms with Crippen LogP contribution in [0.5, 0.6) is 0 Å². The fraction of sp³-hybridized carbons (Fsp3) is 0.611. The Balaban J connectivity index is 1.51. The molecule has 1 aromatic rings. The van der Waals surface area contributed by atoms with Crippen molar-refractivity contribution in [2.75, 3.05) is 32.7 Å². The maximum absolute atomic E-state index is 9.69. The lowest BCUT2D eigenvalue weighted by molar-refractivity contribution is 0.0794. The molecule has 0 amide bonds.